The van der Waals surface area contributed by atoms with Crippen LogP contribution in [0.4, 0.5) is 0 Å². The Balaban J connectivity index is 2.21. The fraction of sp³-hybridized carbons (Fsp3) is 0.636. The van der Waals surface area contributed by atoms with Gasteiger partial charge in [0.25, 0.3) is 10.0 Å². The minimum atomic E-state index is -3.57. The monoisotopic (exact) mass is 293 g/mol. The van der Waals surface area contributed by atoms with Gasteiger partial charge >= 0.3 is 0 Å². The Bertz CT molecular complexity index is 495. The van der Waals surface area contributed by atoms with Crippen molar-refractivity contribution in [3.05, 3.63) is 17.9 Å². The predicted octanol–water partition coefficient (Wildman–Crippen LogP) is 1.82. The summed E-state index contributed by atoms with van der Waals surface area (Å²) >= 11 is 5.61. The summed E-state index contributed by atoms with van der Waals surface area (Å²) in [5.41, 5.74) is 0. The summed E-state index contributed by atoms with van der Waals surface area (Å²) in [5.74, 6) is 0.620. The molecule has 0 bridgehead atoms. The molecule has 0 radical (unpaired) electrons. The molecule has 1 heterocycles. The van der Waals surface area contributed by atoms with Crippen LogP contribution in [0.2, 0.25) is 0 Å². The van der Waals surface area contributed by atoms with Gasteiger partial charge in [0.2, 0.25) is 5.09 Å². The lowest BCUT2D eigenvalue weighted by atomic mass is 10.5. The van der Waals surface area contributed by atoms with E-state index >= 15 is 0 Å². The molecular weight excluding hydrogens is 278 g/mol. The topological polar surface area (TPSA) is 59.8 Å². The summed E-state index contributed by atoms with van der Waals surface area (Å²) in [6.07, 6.45) is 1.79. The van der Waals surface area contributed by atoms with Gasteiger partial charge in [-0.25, -0.2) is 8.42 Å². The van der Waals surface area contributed by atoms with E-state index < -0.39 is 10.0 Å². The lowest BCUT2D eigenvalue weighted by Crippen LogP contribution is -2.35. The highest BCUT2D eigenvalue weighted by atomic mass is 35.5. The first kappa shape index (κ1) is 13.9. The lowest BCUT2D eigenvalue weighted by molar-refractivity contribution is 0.176. The minimum Gasteiger partial charge on any atom is -0.447 e. The Morgan fingerprint density at radius 1 is 1.50 bits per heavy atom. The van der Waals surface area contributed by atoms with Crippen LogP contribution >= 0.6 is 11.6 Å². The van der Waals surface area contributed by atoms with E-state index in [-0.39, 0.29) is 17.0 Å². The van der Waals surface area contributed by atoms with Crippen molar-refractivity contribution in [2.75, 3.05) is 20.3 Å². The molecule has 7 heteroatoms. The van der Waals surface area contributed by atoms with Crippen molar-refractivity contribution in [3.8, 4) is 0 Å². The molecule has 102 valence electrons. The number of nitrogens with zero attached hydrogens (tertiary/aromatic N) is 1. The number of sulfonamides is 1. The standard InChI is InChI=1S/C11H16ClNO4S/c1-16-7-6-13(9-2-3-9)18(14,15)11-5-4-10(8-12)17-11/h4-5,9H,2-3,6-8H2,1H3. The van der Waals surface area contributed by atoms with Crippen LogP contribution in [0.3, 0.4) is 0 Å². The van der Waals surface area contributed by atoms with Gasteiger partial charge in [-0.15, -0.1) is 11.6 Å². The van der Waals surface area contributed by atoms with Crippen molar-refractivity contribution in [2.45, 2.75) is 29.9 Å². The van der Waals surface area contributed by atoms with Crippen molar-refractivity contribution >= 4 is 21.6 Å². The molecule has 1 fully saturated rings. The van der Waals surface area contributed by atoms with Crippen LogP contribution in [0.1, 0.15) is 18.6 Å². The summed E-state index contributed by atoms with van der Waals surface area (Å²) in [7, 11) is -2.02. The van der Waals surface area contributed by atoms with Crippen molar-refractivity contribution in [1.29, 1.82) is 0 Å². The molecular formula is C11H16ClNO4S. The molecule has 0 aliphatic heterocycles. The Labute approximate surface area is 112 Å². The largest absolute Gasteiger partial charge is 0.447 e. The van der Waals surface area contributed by atoms with Gasteiger partial charge in [0.1, 0.15) is 5.76 Å². The fourth-order valence-electron chi connectivity index (χ4n) is 1.73. The van der Waals surface area contributed by atoms with Crippen molar-refractivity contribution in [2.24, 2.45) is 0 Å². The highest BCUT2D eigenvalue weighted by Crippen LogP contribution is 2.32. The lowest BCUT2D eigenvalue weighted by Gasteiger charge is -2.19. The maximum Gasteiger partial charge on any atom is 0.276 e. The second kappa shape index (κ2) is 5.61. The summed E-state index contributed by atoms with van der Waals surface area (Å²) < 4.78 is 36.4. The molecule has 2 rings (SSSR count). The molecule has 1 aliphatic rings. The molecule has 0 atom stereocenters. The van der Waals surface area contributed by atoms with Crippen LogP contribution in [0.5, 0.6) is 0 Å². The molecule has 18 heavy (non-hydrogen) atoms. The Hall–Kier alpha value is -0.560. The SMILES string of the molecule is COCCN(C1CC1)S(=O)(=O)c1ccc(CCl)o1. The van der Waals surface area contributed by atoms with Gasteiger partial charge < -0.3 is 9.15 Å². The third kappa shape index (κ3) is 2.88. The van der Waals surface area contributed by atoms with Crippen LogP contribution in [0, 0.1) is 0 Å². The highest BCUT2D eigenvalue weighted by Gasteiger charge is 2.39. The number of halogens is 1. The number of furan rings is 1. The van der Waals surface area contributed by atoms with Crippen molar-refractivity contribution < 1.29 is 17.6 Å². The Morgan fingerprint density at radius 3 is 2.72 bits per heavy atom. The Kier molecular flexibility index (Phi) is 4.32. The molecule has 0 unspecified atom stereocenters. The number of rotatable bonds is 7. The van der Waals surface area contributed by atoms with E-state index in [0.29, 0.717) is 18.9 Å². The summed E-state index contributed by atoms with van der Waals surface area (Å²) in [4.78, 5) is 0. The second-order valence-corrected chi connectivity index (χ2v) is 6.28. The van der Waals surface area contributed by atoms with Crippen LogP contribution in [0.15, 0.2) is 21.6 Å². The number of hydrogen-bond donors (Lipinski definition) is 0. The molecule has 0 spiro atoms. The number of methoxy groups -OCH3 is 1. The molecule has 0 N–H and O–H groups in total. The third-order valence-corrected chi connectivity index (χ3v) is 4.89. The Morgan fingerprint density at radius 2 is 2.22 bits per heavy atom. The van der Waals surface area contributed by atoms with Gasteiger partial charge in [-0.05, 0) is 25.0 Å². The first-order valence-electron chi connectivity index (χ1n) is 5.75. The molecule has 5 nitrogen and oxygen atoms in total. The molecule has 0 amide bonds. The third-order valence-electron chi connectivity index (χ3n) is 2.80. The molecule has 1 aliphatic carbocycles. The highest BCUT2D eigenvalue weighted by molar-refractivity contribution is 7.89. The van der Waals surface area contributed by atoms with E-state index in [9.17, 15) is 8.42 Å². The number of alkyl halides is 1. The molecule has 0 aromatic carbocycles. The normalized spacial score (nSPS) is 16.4. The van der Waals surface area contributed by atoms with E-state index in [1.54, 1.807) is 13.2 Å². The maximum absolute atomic E-state index is 12.4. The maximum atomic E-state index is 12.4. The zero-order chi connectivity index (χ0) is 13.2. The predicted molar refractivity (Wildman–Crippen MR) is 67.1 cm³/mol. The van der Waals surface area contributed by atoms with Crippen molar-refractivity contribution in [3.63, 3.8) is 0 Å². The van der Waals surface area contributed by atoms with Gasteiger partial charge in [0.05, 0.1) is 12.5 Å². The first-order valence-corrected chi connectivity index (χ1v) is 7.72. The van der Waals surface area contributed by atoms with Gasteiger partial charge in [-0.1, -0.05) is 0 Å². The van der Waals surface area contributed by atoms with Crippen LogP contribution in [-0.2, 0) is 20.6 Å². The fourth-order valence-corrected chi connectivity index (χ4v) is 3.47. The first-order chi connectivity index (χ1) is 8.59. The molecule has 1 saturated carbocycles. The van der Waals surface area contributed by atoms with E-state index in [2.05, 4.69) is 0 Å². The van der Waals surface area contributed by atoms with Crippen LogP contribution in [0.25, 0.3) is 0 Å². The molecule has 1 aromatic heterocycles. The number of ether oxygens (including phenoxy) is 1. The summed E-state index contributed by atoms with van der Waals surface area (Å²) in [5, 5.41) is -0.0406. The van der Waals surface area contributed by atoms with Crippen molar-refractivity contribution in [1.82, 2.24) is 4.31 Å². The minimum absolute atomic E-state index is 0.0406. The zero-order valence-electron chi connectivity index (χ0n) is 10.1. The van der Waals surface area contributed by atoms with Gasteiger partial charge in [0.15, 0.2) is 0 Å². The quantitative estimate of drug-likeness (QED) is 0.720. The smallest absolute Gasteiger partial charge is 0.276 e. The van der Waals surface area contributed by atoms with Crippen LogP contribution in [-0.4, -0.2) is 39.0 Å². The number of hydrogen-bond acceptors (Lipinski definition) is 4. The van der Waals surface area contributed by atoms with Gasteiger partial charge in [0, 0.05) is 19.7 Å². The average molecular weight is 294 g/mol. The summed E-state index contributed by atoms with van der Waals surface area (Å²) in [6, 6.07) is 3.12. The molecule has 0 saturated heterocycles. The van der Waals surface area contributed by atoms with E-state index in [1.165, 1.54) is 10.4 Å². The van der Waals surface area contributed by atoms with E-state index in [1.807, 2.05) is 0 Å². The average Bonchev–Trinajstić information content (AvgIpc) is 3.05. The van der Waals surface area contributed by atoms with Crippen LogP contribution < -0.4 is 0 Å². The van der Waals surface area contributed by atoms with E-state index in [0.717, 1.165) is 12.8 Å². The van der Waals surface area contributed by atoms with Gasteiger partial charge in [-0.3, -0.25) is 0 Å². The molecule has 1 aromatic rings. The van der Waals surface area contributed by atoms with E-state index in [4.69, 9.17) is 20.8 Å². The summed E-state index contributed by atoms with van der Waals surface area (Å²) in [6.45, 7) is 0.721. The zero-order valence-corrected chi connectivity index (χ0v) is 11.7. The second-order valence-electron chi connectivity index (χ2n) is 4.19. The van der Waals surface area contributed by atoms with Gasteiger partial charge in [-0.2, -0.15) is 4.31 Å².